The van der Waals surface area contributed by atoms with Crippen LogP contribution < -0.4 is 5.32 Å². The molecule has 6 heteroatoms. The van der Waals surface area contributed by atoms with Gasteiger partial charge in [0.05, 0.1) is 12.5 Å². The second-order valence-electron chi connectivity index (χ2n) is 6.64. The highest BCUT2D eigenvalue weighted by molar-refractivity contribution is 5.84. The van der Waals surface area contributed by atoms with Crippen molar-refractivity contribution in [2.24, 2.45) is 5.92 Å². The SMILES string of the molecule is Cc1ccccc1C(CC(=O)O)NC(=O)C1CC1c1ccc(F)c(F)c1. The van der Waals surface area contributed by atoms with E-state index in [4.69, 9.17) is 5.11 Å². The first kappa shape index (κ1) is 18.0. The second kappa shape index (κ2) is 7.23. The highest BCUT2D eigenvalue weighted by atomic mass is 19.2. The largest absolute Gasteiger partial charge is 0.481 e. The molecule has 2 aromatic rings. The number of nitrogens with one attached hydrogen (secondary N) is 1. The zero-order valence-electron chi connectivity index (χ0n) is 14.2. The van der Waals surface area contributed by atoms with Crippen LogP contribution in [0.15, 0.2) is 42.5 Å². The lowest BCUT2D eigenvalue weighted by Gasteiger charge is -2.19. The van der Waals surface area contributed by atoms with Crippen LogP contribution in [0.25, 0.3) is 0 Å². The normalized spacial score (nSPS) is 19.7. The van der Waals surface area contributed by atoms with E-state index >= 15 is 0 Å². The Kier molecular flexibility index (Phi) is 5.02. The molecule has 3 atom stereocenters. The van der Waals surface area contributed by atoms with E-state index in [0.717, 1.165) is 23.3 Å². The number of carboxylic acids is 1. The van der Waals surface area contributed by atoms with Gasteiger partial charge in [-0.25, -0.2) is 8.78 Å². The Morgan fingerprint density at radius 2 is 1.92 bits per heavy atom. The quantitative estimate of drug-likeness (QED) is 0.826. The van der Waals surface area contributed by atoms with Crippen LogP contribution in [0.5, 0.6) is 0 Å². The molecule has 2 N–H and O–H groups in total. The molecule has 1 saturated carbocycles. The van der Waals surface area contributed by atoms with Gasteiger partial charge in [0.1, 0.15) is 0 Å². The zero-order chi connectivity index (χ0) is 18.8. The number of aliphatic carboxylic acids is 1. The molecule has 4 nitrogen and oxygen atoms in total. The van der Waals surface area contributed by atoms with Crippen molar-refractivity contribution in [2.45, 2.75) is 31.7 Å². The lowest BCUT2D eigenvalue weighted by atomic mass is 9.98. The third-order valence-corrected chi connectivity index (χ3v) is 4.76. The summed E-state index contributed by atoms with van der Waals surface area (Å²) in [5.74, 6) is -3.66. The van der Waals surface area contributed by atoms with Gasteiger partial charge in [-0.2, -0.15) is 0 Å². The molecular weight excluding hydrogens is 340 g/mol. The van der Waals surface area contributed by atoms with Gasteiger partial charge >= 0.3 is 5.97 Å². The van der Waals surface area contributed by atoms with E-state index < -0.39 is 23.6 Å². The smallest absolute Gasteiger partial charge is 0.305 e. The third kappa shape index (κ3) is 3.90. The van der Waals surface area contributed by atoms with Crippen LogP contribution in [-0.2, 0) is 9.59 Å². The summed E-state index contributed by atoms with van der Waals surface area (Å²) in [7, 11) is 0. The molecule has 2 aromatic carbocycles. The Hall–Kier alpha value is -2.76. The maximum absolute atomic E-state index is 13.4. The molecule has 0 saturated heterocycles. The predicted octanol–water partition coefficient (Wildman–Crippen LogP) is 3.71. The lowest BCUT2D eigenvalue weighted by molar-refractivity contribution is -0.137. The maximum Gasteiger partial charge on any atom is 0.305 e. The second-order valence-corrected chi connectivity index (χ2v) is 6.64. The molecule has 0 aromatic heterocycles. The monoisotopic (exact) mass is 359 g/mol. The Morgan fingerprint density at radius 1 is 1.19 bits per heavy atom. The number of amides is 1. The Balaban J connectivity index is 1.72. The summed E-state index contributed by atoms with van der Waals surface area (Å²) in [5, 5.41) is 12.0. The molecule has 26 heavy (non-hydrogen) atoms. The summed E-state index contributed by atoms with van der Waals surface area (Å²) >= 11 is 0. The van der Waals surface area contributed by atoms with Crippen LogP contribution in [0, 0.1) is 24.5 Å². The Bertz CT molecular complexity index is 853. The van der Waals surface area contributed by atoms with Crippen molar-refractivity contribution < 1.29 is 23.5 Å². The first-order valence-electron chi connectivity index (χ1n) is 8.39. The third-order valence-electron chi connectivity index (χ3n) is 4.76. The summed E-state index contributed by atoms with van der Waals surface area (Å²) in [5.41, 5.74) is 2.23. The fourth-order valence-corrected chi connectivity index (χ4v) is 3.27. The predicted molar refractivity (Wildman–Crippen MR) is 91.5 cm³/mol. The molecule has 1 amide bonds. The summed E-state index contributed by atoms with van der Waals surface area (Å²) in [6.07, 6.45) is 0.309. The van der Waals surface area contributed by atoms with E-state index in [1.807, 2.05) is 19.1 Å². The van der Waals surface area contributed by atoms with Gasteiger partial charge in [0.2, 0.25) is 5.91 Å². The van der Waals surface area contributed by atoms with Gasteiger partial charge < -0.3 is 10.4 Å². The van der Waals surface area contributed by atoms with E-state index in [0.29, 0.717) is 12.0 Å². The van der Waals surface area contributed by atoms with E-state index in [1.54, 1.807) is 12.1 Å². The average Bonchev–Trinajstić information content (AvgIpc) is 3.37. The van der Waals surface area contributed by atoms with E-state index in [2.05, 4.69) is 5.32 Å². The Labute approximate surface area is 149 Å². The molecule has 1 aliphatic rings. The molecule has 0 spiro atoms. The number of halogens is 2. The lowest BCUT2D eigenvalue weighted by Crippen LogP contribution is -2.32. The van der Waals surface area contributed by atoms with Crippen LogP contribution in [0.3, 0.4) is 0 Å². The highest BCUT2D eigenvalue weighted by Gasteiger charge is 2.44. The van der Waals surface area contributed by atoms with Crippen LogP contribution >= 0.6 is 0 Å². The summed E-state index contributed by atoms with van der Waals surface area (Å²) in [6.45, 7) is 1.86. The molecule has 0 radical (unpaired) electrons. The molecule has 0 heterocycles. The van der Waals surface area contributed by atoms with E-state index in [9.17, 15) is 18.4 Å². The molecule has 1 fully saturated rings. The van der Waals surface area contributed by atoms with Gasteiger partial charge in [-0.1, -0.05) is 30.3 Å². The van der Waals surface area contributed by atoms with Crippen molar-refractivity contribution in [2.75, 3.05) is 0 Å². The summed E-state index contributed by atoms with van der Waals surface area (Å²) < 4.78 is 26.4. The first-order valence-corrected chi connectivity index (χ1v) is 8.39. The van der Waals surface area contributed by atoms with E-state index in [-0.39, 0.29) is 24.2 Å². The minimum absolute atomic E-state index is 0.174. The topological polar surface area (TPSA) is 66.4 Å². The standard InChI is InChI=1S/C20H19F2NO3/c1-11-4-2-3-5-13(11)18(10-19(24)25)23-20(26)15-9-14(15)12-6-7-16(21)17(22)8-12/h2-8,14-15,18H,9-10H2,1H3,(H,23,26)(H,24,25). The average molecular weight is 359 g/mol. The van der Waals surface area contributed by atoms with Crippen LogP contribution in [-0.4, -0.2) is 17.0 Å². The summed E-state index contributed by atoms with van der Waals surface area (Å²) in [6, 6.07) is 10.3. The number of aryl methyl sites for hydroxylation is 1. The van der Waals surface area contributed by atoms with Crippen molar-refractivity contribution in [3.63, 3.8) is 0 Å². The number of carboxylic acid groups (broad SMARTS) is 1. The minimum atomic E-state index is -1.01. The van der Waals surface area contributed by atoms with Gasteiger partial charge in [-0.15, -0.1) is 0 Å². The number of benzene rings is 2. The molecule has 136 valence electrons. The molecule has 1 aliphatic carbocycles. The van der Waals surface area contributed by atoms with E-state index in [1.165, 1.54) is 6.07 Å². The fraction of sp³-hybridized carbons (Fsp3) is 0.300. The number of hydrogen-bond acceptors (Lipinski definition) is 2. The maximum atomic E-state index is 13.4. The highest BCUT2D eigenvalue weighted by Crippen LogP contribution is 2.48. The van der Waals surface area contributed by atoms with Gasteiger partial charge in [0.25, 0.3) is 0 Å². The molecule has 3 rings (SSSR count). The minimum Gasteiger partial charge on any atom is -0.481 e. The fourth-order valence-electron chi connectivity index (χ4n) is 3.27. The van der Waals surface area contributed by atoms with Gasteiger partial charge in [-0.05, 0) is 48.1 Å². The van der Waals surface area contributed by atoms with Crippen molar-refractivity contribution in [1.29, 1.82) is 0 Å². The van der Waals surface area contributed by atoms with Crippen molar-refractivity contribution in [1.82, 2.24) is 5.32 Å². The molecule has 0 aliphatic heterocycles. The number of carbonyl (C=O) groups excluding carboxylic acids is 1. The Morgan fingerprint density at radius 3 is 2.58 bits per heavy atom. The van der Waals surface area contributed by atoms with Crippen molar-refractivity contribution >= 4 is 11.9 Å². The molecule has 0 bridgehead atoms. The van der Waals surface area contributed by atoms with Crippen LogP contribution in [0.1, 0.15) is 41.5 Å². The molecule has 3 unspecified atom stereocenters. The van der Waals surface area contributed by atoms with Crippen LogP contribution in [0.2, 0.25) is 0 Å². The van der Waals surface area contributed by atoms with Crippen molar-refractivity contribution in [3.05, 3.63) is 70.8 Å². The number of rotatable bonds is 6. The van der Waals surface area contributed by atoms with Gasteiger partial charge in [0.15, 0.2) is 11.6 Å². The number of carbonyl (C=O) groups is 2. The first-order chi connectivity index (χ1) is 12.4. The van der Waals surface area contributed by atoms with Crippen molar-refractivity contribution in [3.8, 4) is 0 Å². The zero-order valence-corrected chi connectivity index (χ0v) is 14.2. The van der Waals surface area contributed by atoms with Gasteiger partial charge in [0, 0.05) is 5.92 Å². The number of hydrogen-bond donors (Lipinski definition) is 2. The van der Waals surface area contributed by atoms with Gasteiger partial charge in [-0.3, -0.25) is 9.59 Å². The summed E-state index contributed by atoms with van der Waals surface area (Å²) in [4.78, 5) is 23.7. The van der Waals surface area contributed by atoms with Crippen LogP contribution in [0.4, 0.5) is 8.78 Å². The molecular formula is C20H19F2NO3.